The number of esters is 3. The smallest absolute Gasteiger partial charge is 0.306 e. The quantitative estimate of drug-likeness (QED) is 0.0264. The molecule has 0 aromatic heterocycles. The number of carbonyl (C=O) groups is 3. The SMILES string of the molecule is CC/C=C\C/C=C\C/C=C\CCCCC(=O)OC(COC(=O)CCCCCCC/C=C\CCCCCCCCC)COC(=O)CCCCCCCCCCCCCC. The van der Waals surface area contributed by atoms with Gasteiger partial charge in [0.15, 0.2) is 6.10 Å². The van der Waals surface area contributed by atoms with Gasteiger partial charge in [0, 0.05) is 19.3 Å². The van der Waals surface area contributed by atoms with Crippen molar-refractivity contribution in [3.05, 3.63) is 48.6 Å². The predicted octanol–water partition coefficient (Wildman–Crippen LogP) is 15.9. The second-order valence-electron chi connectivity index (χ2n) is 16.3. The third-order valence-corrected chi connectivity index (χ3v) is 10.6. The van der Waals surface area contributed by atoms with Crippen LogP contribution in [-0.4, -0.2) is 37.2 Å². The summed E-state index contributed by atoms with van der Waals surface area (Å²) in [6.45, 7) is 6.48. The topological polar surface area (TPSA) is 78.9 Å². The Morgan fingerprint density at radius 3 is 1.10 bits per heavy atom. The van der Waals surface area contributed by atoms with E-state index < -0.39 is 6.10 Å². The van der Waals surface area contributed by atoms with Crippen molar-refractivity contribution in [1.29, 1.82) is 0 Å². The molecule has 0 bridgehead atoms. The van der Waals surface area contributed by atoms with Crippen molar-refractivity contribution in [1.82, 2.24) is 0 Å². The first-order valence-corrected chi connectivity index (χ1v) is 24.6. The number of ether oxygens (including phenoxy) is 3. The molecule has 0 N–H and O–H groups in total. The Hall–Kier alpha value is -2.63. The first-order chi connectivity index (χ1) is 28.5. The minimum Gasteiger partial charge on any atom is -0.462 e. The standard InChI is InChI=1S/C52H92O6/c1-4-7-10-13-16-19-22-25-26-27-28-31-33-36-39-42-45-51(54)57-48-49(58-52(55)46-43-40-37-34-30-24-21-18-15-12-9-6-3)47-56-50(53)44-41-38-35-32-29-23-20-17-14-11-8-5-2/h9,12,18,21,26-27,30,34,49H,4-8,10-11,13-17,19-20,22-25,28-29,31-33,35-48H2,1-3H3/b12-9-,21-18-,27-26-,34-30-. The van der Waals surface area contributed by atoms with E-state index in [2.05, 4.69) is 69.4 Å². The maximum absolute atomic E-state index is 12.7. The summed E-state index contributed by atoms with van der Waals surface area (Å²) in [5.41, 5.74) is 0. The Kier molecular flexibility index (Phi) is 44.9. The van der Waals surface area contributed by atoms with Gasteiger partial charge in [0.1, 0.15) is 13.2 Å². The molecule has 336 valence electrons. The largest absolute Gasteiger partial charge is 0.462 e. The zero-order valence-electron chi connectivity index (χ0n) is 38.3. The van der Waals surface area contributed by atoms with Crippen LogP contribution in [0.2, 0.25) is 0 Å². The van der Waals surface area contributed by atoms with E-state index in [-0.39, 0.29) is 37.5 Å². The lowest BCUT2D eigenvalue weighted by atomic mass is 10.0. The van der Waals surface area contributed by atoms with Gasteiger partial charge >= 0.3 is 17.9 Å². The van der Waals surface area contributed by atoms with Crippen LogP contribution in [0.25, 0.3) is 0 Å². The van der Waals surface area contributed by atoms with E-state index >= 15 is 0 Å². The van der Waals surface area contributed by atoms with Crippen LogP contribution in [0.3, 0.4) is 0 Å². The molecule has 0 saturated carbocycles. The van der Waals surface area contributed by atoms with Gasteiger partial charge in [-0.3, -0.25) is 14.4 Å². The van der Waals surface area contributed by atoms with E-state index in [9.17, 15) is 14.4 Å². The van der Waals surface area contributed by atoms with Crippen LogP contribution in [0.4, 0.5) is 0 Å². The molecular formula is C52H92O6. The summed E-state index contributed by atoms with van der Waals surface area (Å²) in [4.78, 5) is 37.8. The molecule has 6 nitrogen and oxygen atoms in total. The number of rotatable bonds is 44. The minimum absolute atomic E-state index is 0.0892. The molecule has 0 spiro atoms. The summed E-state index contributed by atoms with van der Waals surface area (Å²) < 4.78 is 16.7. The van der Waals surface area contributed by atoms with Gasteiger partial charge in [-0.2, -0.15) is 0 Å². The number of unbranched alkanes of at least 4 members (excludes halogenated alkanes) is 25. The van der Waals surface area contributed by atoms with E-state index in [1.807, 2.05) is 0 Å². The maximum atomic E-state index is 12.7. The Morgan fingerprint density at radius 1 is 0.362 bits per heavy atom. The summed E-state index contributed by atoms with van der Waals surface area (Å²) in [6, 6.07) is 0. The normalized spacial score (nSPS) is 12.4. The highest BCUT2D eigenvalue weighted by Crippen LogP contribution is 2.14. The summed E-state index contributed by atoms with van der Waals surface area (Å²) in [5.74, 6) is -0.934. The molecule has 6 heteroatoms. The second kappa shape index (κ2) is 47.1. The molecule has 0 aromatic carbocycles. The van der Waals surface area contributed by atoms with Gasteiger partial charge in [-0.05, 0) is 77.0 Å². The molecule has 0 radical (unpaired) electrons. The lowest BCUT2D eigenvalue weighted by Gasteiger charge is -2.18. The molecule has 0 heterocycles. The molecule has 0 amide bonds. The van der Waals surface area contributed by atoms with E-state index in [1.165, 1.54) is 122 Å². The van der Waals surface area contributed by atoms with Crippen molar-refractivity contribution < 1.29 is 28.6 Å². The van der Waals surface area contributed by atoms with Gasteiger partial charge in [0.25, 0.3) is 0 Å². The number of allylic oxidation sites excluding steroid dienone is 8. The molecule has 0 aliphatic rings. The second-order valence-corrected chi connectivity index (χ2v) is 16.3. The fraction of sp³-hybridized carbons (Fsp3) is 0.788. The lowest BCUT2D eigenvalue weighted by molar-refractivity contribution is -0.167. The molecule has 58 heavy (non-hydrogen) atoms. The van der Waals surface area contributed by atoms with Gasteiger partial charge in [0.05, 0.1) is 0 Å². The highest BCUT2D eigenvalue weighted by Gasteiger charge is 2.19. The van der Waals surface area contributed by atoms with E-state index in [0.29, 0.717) is 19.3 Å². The van der Waals surface area contributed by atoms with Crippen LogP contribution >= 0.6 is 0 Å². The van der Waals surface area contributed by atoms with Crippen molar-refractivity contribution in [3.63, 3.8) is 0 Å². The maximum Gasteiger partial charge on any atom is 0.306 e. The Bertz CT molecular complexity index is 1030. The fourth-order valence-electron chi connectivity index (χ4n) is 6.86. The molecule has 1 unspecified atom stereocenters. The average molecular weight is 813 g/mol. The van der Waals surface area contributed by atoms with Crippen molar-refractivity contribution in [2.75, 3.05) is 13.2 Å². The molecule has 0 saturated heterocycles. The molecule has 0 aliphatic heterocycles. The first kappa shape index (κ1) is 55.4. The Morgan fingerprint density at radius 2 is 0.672 bits per heavy atom. The summed E-state index contributed by atoms with van der Waals surface area (Å²) in [6.07, 6.45) is 55.3. The third-order valence-electron chi connectivity index (χ3n) is 10.6. The minimum atomic E-state index is -0.792. The first-order valence-electron chi connectivity index (χ1n) is 24.6. The zero-order chi connectivity index (χ0) is 42.3. The Labute approximate surface area is 358 Å². The van der Waals surface area contributed by atoms with E-state index in [4.69, 9.17) is 14.2 Å². The lowest BCUT2D eigenvalue weighted by Crippen LogP contribution is -2.30. The van der Waals surface area contributed by atoms with Crippen molar-refractivity contribution in [3.8, 4) is 0 Å². The van der Waals surface area contributed by atoms with Crippen molar-refractivity contribution in [2.45, 2.75) is 252 Å². The molecular weight excluding hydrogens is 721 g/mol. The zero-order valence-corrected chi connectivity index (χ0v) is 38.3. The molecule has 0 fully saturated rings. The third kappa shape index (κ3) is 44.5. The van der Waals surface area contributed by atoms with E-state index in [0.717, 1.165) is 77.0 Å². The highest BCUT2D eigenvalue weighted by molar-refractivity contribution is 5.71. The number of carbonyl (C=O) groups excluding carboxylic acids is 3. The molecule has 1 atom stereocenters. The predicted molar refractivity (Wildman–Crippen MR) is 247 cm³/mol. The Balaban J connectivity index is 4.40. The number of hydrogen-bond donors (Lipinski definition) is 0. The number of hydrogen-bond acceptors (Lipinski definition) is 6. The summed E-state index contributed by atoms with van der Waals surface area (Å²) in [5, 5.41) is 0. The van der Waals surface area contributed by atoms with Gasteiger partial charge in [0.2, 0.25) is 0 Å². The van der Waals surface area contributed by atoms with Crippen molar-refractivity contribution in [2.24, 2.45) is 0 Å². The highest BCUT2D eigenvalue weighted by atomic mass is 16.6. The molecule has 0 aliphatic carbocycles. The monoisotopic (exact) mass is 813 g/mol. The van der Waals surface area contributed by atoms with Crippen LogP contribution in [0.1, 0.15) is 245 Å². The van der Waals surface area contributed by atoms with Crippen LogP contribution in [0, 0.1) is 0 Å². The van der Waals surface area contributed by atoms with E-state index in [1.54, 1.807) is 0 Å². The molecule has 0 aromatic rings. The fourth-order valence-corrected chi connectivity index (χ4v) is 6.86. The van der Waals surface area contributed by atoms with Crippen molar-refractivity contribution >= 4 is 17.9 Å². The van der Waals surface area contributed by atoms with Gasteiger partial charge in [-0.25, -0.2) is 0 Å². The van der Waals surface area contributed by atoms with Gasteiger partial charge in [-0.1, -0.05) is 198 Å². The van der Waals surface area contributed by atoms with Crippen LogP contribution in [-0.2, 0) is 28.6 Å². The van der Waals surface area contributed by atoms with Crippen LogP contribution in [0.15, 0.2) is 48.6 Å². The summed E-state index contributed by atoms with van der Waals surface area (Å²) >= 11 is 0. The van der Waals surface area contributed by atoms with Gasteiger partial charge in [-0.15, -0.1) is 0 Å². The average Bonchev–Trinajstić information content (AvgIpc) is 3.22. The molecule has 0 rings (SSSR count). The van der Waals surface area contributed by atoms with Crippen LogP contribution in [0.5, 0.6) is 0 Å². The van der Waals surface area contributed by atoms with Crippen LogP contribution < -0.4 is 0 Å². The summed E-state index contributed by atoms with van der Waals surface area (Å²) in [7, 11) is 0. The van der Waals surface area contributed by atoms with Gasteiger partial charge < -0.3 is 14.2 Å².